The summed E-state index contributed by atoms with van der Waals surface area (Å²) in [5.74, 6) is 0. The van der Waals surface area contributed by atoms with Crippen LogP contribution in [0.25, 0.3) is 71.7 Å². The van der Waals surface area contributed by atoms with Crippen molar-refractivity contribution in [2.24, 2.45) is 0 Å². The lowest BCUT2D eigenvalue weighted by Gasteiger charge is -2.35. The van der Waals surface area contributed by atoms with Gasteiger partial charge < -0.3 is 9.32 Å². The molecule has 14 rings (SSSR count). The molecule has 9 aromatic carbocycles. The van der Waals surface area contributed by atoms with Crippen LogP contribution < -0.4 is 4.90 Å². The summed E-state index contributed by atoms with van der Waals surface area (Å²) in [6.45, 7) is 4.81. The van der Waals surface area contributed by atoms with Gasteiger partial charge in [-0.2, -0.15) is 0 Å². The average Bonchev–Trinajstić information content (AvgIpc) is 4.03. The zero-order valence-corrected chi connectivity index (χ0v) is 35.8. The molecule has 1 aromatic heterocycles. The number of allylic oxidation sites excluding steroid dienone is 4. The number of anilines is 2. The molecule has 0 fully saturated rings. The van der Waals surface area contributed by atoms with Crippen molar-refractivity contribution < 1.29 is 4.42 Å². The molecular weight excluding hydrogens is 775 g/mol. The highest BCUT2D eigenvalue weighted by Crippen LogP contribution is 2.63. The van der Waals surface area contributed by atoms with E-state index in [1.165, 1.54) is 94.4 Å². The van der Waals surface area contributed by atoms with Gasteiger partial charge in [0.25, 0.3) is 0 Å². The molecule has 0 unspecified atom stereocenters. The Morgan fingerprint density at radius 3 is 1.78 bits per heavy atom. The van der Waals surface area contributed by atoms with E-state index in [1.54, 1.807) is 0 Å². The van der Waals surface area contributed by atoms with Crippen LogP contribution in [0, 0.1) is 0 Å². The first-order chi connectivity index (χ1) is 31.5. The van der Waals surface area contributed by atoms with E-state index in [1.807, 2.05) is 0 Å². The third kappa shape index (κ3) is 4.65. The largest absolute Gasteiger partial charge is 0.456 e. The third-order valence-corrected chi connectivity index (χ3v) is 15.2. The lowest BCUT2D eigenvalue weighted by Crippen LogP contribution is -2.27. The lowest BCUT2D eigenvalue weighted by molar-refractivity contribution is 0.648. The van der Waals surface area contributed by atoms with Gasteiger partial charge in [-0.05, 0) is 126 Å². The van der Waals surface area contributed by atoms with Crippen LogP contribution in [0.2, 0.25) is 0 Å². The fraction of sp³-hybridized carbons (Fsp3) is 0.0968. The Morgan fingerprint density at radius 2 is 1.06 bits per heavy atom. The molecule has 2 heteroatoms. The molecule has 1 spiro atoms. The van der Waals surface area contributed by atoms with Gasteiger partial charge >= 0.3 is 0 Å². The zero-order chi connectivity index (χ0) is 42.3. The predicted molar refractivity (Wildman–Crippen MR) is 265 cm³/mol. The van der Waals surface area contributed by atoms with E-state index in [4.69, 9.17) is 4.42 Å². The number of hydrogen-bond donors (Lipinski definition) is 0. The van der Waals surface area contributed by atoms with Crippen LogP contribution in [0.1, 0.15) is 60.1 Å². The van der Waals surface area contributed by atoms with Gasteiger partial charge in [-0.3, -0.25) is 0 Å². The highest BCUT2D eigenvalue weighted by atomic mass is 16.3. The minimum absolute atomic E-state index is 0.129. The maximum atomic E-state index is 6.93. The smallest absolute Gasteiger partial charge is 0.137 e. The highest BCUT2D eigenvalue weighted by molar-refractivity contribution is 6.20. The number of fused-ring (bicyclic) bond motifs is 17. The molecule has 0 radical (unpaired) electrons. The summed E-state index contributed by atoms with van der Waals surface area (Å²) in [5, 5.41) is 4.72. The molecule has 0 saturated carbocycles. The molecule has 2 nitrogen and oxygen atoms in total. The van der Waals surface area contributed by atoms with Crippen LogP contribution in [0.3, 0.4) is 0 Å². The van der Waals surface area contributed by atoms with E-state index in [2.05, 4.69) is 219 Å². The molecule has 0 bridgehead atoms. The minimum atomic E-state index is -0.460. The molecule has 1 heterocycles. The summed E-state index contributed by atoms with van der Waals surface area (Å²) >= 11 is 0. The highest BCUT2D eigenvalue weighted by Gasteiger charge is 2.52. The van der Waals surface area contributed by atoms with Gasteiger partial charge in [-0.1, -0.05) is 178 Å². The average molecular weight is 818 g/mol. The van der Waals surface area contributed by atoms with Crippen LogP contribution in [-0.2, 0) is 10.8 Å². The van der Waals surface area contributed by atoms with E-state index in [0.717, 1.165) is 46.2 Å². The van der Waals surface area contributed by atoms with E-state index in [9.17, 15) is 0 Å². The second kappa shape index (κ2) is 12.9. The summed E-state index contributed by atoms with van der Waals surface area (Å²) in [4.78, 5) is 2.60. The Morgan fingerprint density at radius 1 is 0.453 bits per heavy atom. The van der Waals surface area contributed by atoms with Gasteiger partial charge in [0, 0.05) is 39.2 Å². The van der Waals surface area contributed by atoms with Gasteiger partial charge in [-0.15, -0.1) is 0 Å². The maximum Gasteiger partial charge on any atom is 0.137 e. The van der Waals surface area contributed by atoms with Crippen LogP contribution >= 0.6 is 0 Å². The standard InChI is InChI=1S/C62H43NO/c1-61(2)51-24-12-8-20-43(51)47-31-29-40(34-55(47)61)63(57-37-59-50(36-49(57)38-16-4-3-5-17-38)60-42-19-7-6-18-39(42)28-33-58(60)64-59)41-30-32-48-46-23-11-15-27-54(46)62(56(48)35-41)52-25-13-9-21-44(52)45-22-10-14-26-53(45)62/h3-28,30,32-37H,29,31H2,1-2H3. The Labute approximate surface area is 373 Å². The van der Waals surface area contributed by atoms with Gasteiger partial charge in [0.15, 0.2) is 0 Å². The van der Waals surface area contributed by atoms with Gasteiger partial charge in [0.2, 0.25) is 0 Å². The number of benzene rings is 9. The molecular formula is C62H43NO. The number of nitrogens with zero attached hydrogens (tertiary/aromatic N) is 1. The first-order valence-electron chi connectivity index (χ1n) is 22.7. The molecule has 10 aromatic rings. The van der Waals surface area contributed by atoms with Gasteiger partial charge in [-0.25, -0.2) is 0 Å². The molecule has 64 heavy (non-hydrogen) atoms. The van der Waals surface area contributed by atoms with Crippen molar-refractivity contribution in [2.75, 3.05) is 4.90 Å². The van der Waals surface area contributed by atoms with E-state index in [0.29, 0.717) is 0 Å². The summed E-state index contributed by atoms with van der Waals surface area (Å²) < 4.78 is 6.93. The number of hydrogen-bond acceptors (Lipinski definition) is 2. The van der Waals surface area contributed by atoms with Crippen molar-refractivity contribution >= 4 is 49.7 Å². The first-order valence-corrected chi connectivity index (χ1v) is 22.7. The van der Waals surface area contributed by atoms with Crippen molar-refractivity contribution in [1.82, 2.24) is 0 Å². The second-order valence-electron chi connectivity index (χ2n) is 18.6. The van der Waals surface area contributed by atoms with Crippen LogP contribution in [0.4, 0.5) is 11.4 Å². The Kier molecular flexibility index (Phi) is 7.25. The normalized spacial score (nSPS) is 15.8. The number of furan rings is 1. The SMILES string of the molecule is CC1(C)C2=C(CCC(N(c3ccc4c(c3)C3(c5ccccc5-c5ccccc53)c3ccccc3-4)c3cc4oc5ccc6ccccc6c5c4cc3-c3ccccc3)=C2)c2ccccc21. The van der Waals surface area contributed by atoms with Crippen molar-refractivity contribution in [2.45, 2.75) is 37.5 Å². The second-order valence-corrected chi connectivity index (χ2v) is 18.6. The summed E-state index contributed by atoms with van der Waals surface area (Å²) in [6.07, 6.45) is 4.41. The van der Waals surface area contributed by atoms with Crippen LogP contribution in [0.15, 0.2) is 216 Å². The van der Waals surface area contributed by atoms with Crippen LogP contribution in [-0.4, -0.2) is 0 Å². The quantitative estimate of drug-likeness (QED) is 0.176. The van der Waals surface area contributed by atoms with E-state index in [-0.39, 0.29) is 5.41 Å². The van der Waals surface area contributed by atoms with Crippen molar-refractivity contribution in [3.8, 4) is 33.4 Å². The molecule has 0 aliphatic heterocycles. The Bertz CT molecular complexity index is 3640. The topological polar surface area (TPSA) is 16.4 Å². The predicted octanol–water partition coefficient (Wildman–Crippen LogP) is 16.3. The van der Waals surface area contributed by atoms with Gasteiger partial charge in [0.1, 0.15) is 11.2 Å². The summed E-state index contributed by atoms with van der Waals surface area (Å²) in [6, 6.07) is 72.4. The van der Waals surface area contributed by atoms with Crippen LogP contribution in [0.5, 0.6) is 0 Å². The molecule has 0 atom stereocenters. The Balaban J connectivity index is 1.08. The monoisotopic (exact) mass is 817 g/mol. The molecule has 302 valence electrons. The minimum Gasteiger partial charge on any atom is -0.456 e. The Hall–Kier alpha value is -7.68. The maximum absolute atomic E-state index is 6.93. The van der Waals surface area contributed by atoms with Crippen molar-refractivity contribution in [1.29, 1.82) is 0 Å². The molecule has 4 aliphatic rings. The van der Waals surface area contributed by atoms with Gasteiger partial charge in [0.05, 0.1) is 11.1 Å². The van der Waals surface area contributed by atoms with Crippen molar-refractivity contribution in [3.05, 3.63) is 245 Å². The van der Waals surface area contributed by atoms with E-state index >= 15 is 0 Å². The fourth-order valence-corrected chi connectivity index (χ4v) is 12.5. The summed E-state index contributed by atoms with van der Waals surface area (Å²) in [7, 11) is 0. The molecule has 4 aliphatic carbocycles. The fourth-order valence-electron chi connectivity index (χ4n) is 12.5. The zero-order valence-electron chi connectivity index (χ0n) is 35.8. The molecule has 0 amide bonds. The van der Waals surface area contributed by atoms with Crippen molar-refractivity contribution in [3.63, 3.8) is 0 Å². The third-order valence-electron chi connectivity index (χ3n) is 15.2. The summed E-state index contributed by atoms with van der Waals surface area (Å²) in [5.41, 5.74) is 23.4. The number of rotatable bonds is 4. The molecule has 0 N–H and O–H groups in total. The molecule has 0 saturated heterocycles. The lowest BCUT2D eigenvalue weighted by atomic mass is 9.70. The van der Waals surface area contributed by atoms with E-state index < -0.39 is 5.41 Å². The first kappa shape index (κ1) is 35.9.